The minimum Gasteiger partial charge on any atom is -0.394 e. The van der Waals surface area contributed by atoms with E-state index in [0.717, 1.165) is 12.1 Å². The van der Waals surface area contributed by atoms with Gasteiger partial charge in [0.2, 0.25) is 0 Å². The molecule has 222 valence electrons. The van der Waals surface area contributed by atoms with E-state index >= 15 is 0 Å². The molecule has 0 bridgehead atoms. The van der Waals surface area contributed by atoms with Gasteiger partial charge in [0, 0.05) is 23.4 Å². The van der Waals surface area contributed by atoms with Crippen molar-refractivity contribution in [1.82, 2.24) is 15.0 Å². The van der Waals surface area contributed by atoms with Gasteiger partial charge in [0.1, 0.15) is 46.7 Å². The molecule has 1 aromatic heterocycles. The van der Waals surface area contributed by atoms with Gasteiger partial charge in [-0.05, 0) is 43.2 Å². The Morgan fingerprint density at radius 2 is 1.93 bits per heavy atom. The molecule has 0 radical (unpaired) electrons. The standard InChI is InChI=1S/C27H25Cl2F2N5O6/c1-41-25-23(35-10-18(33-34-35)13-6-16(30)22(29)17(31)7-13)24(39)21(11-37)42-26(25)27(40)36(19-2-3-20(19)38)15-5-12(9-32)4-14(28)8-15/h4-8,10,19-21,23-26,37-39H,2-3,11H2,1H3/t19-,20-,21+,23-,24-,25+,26+/m0/s1. The van der Waals surface area contributed by atoms with Crippen LogP contribution in [-0.4, -0.2) is 86.5 Å². The Hall–Kier alpha value is -3.22. The maximum atomic E-state index is 14.2. The lowest BCUT2D eigenvalue weighted by Gasteiger charge is -2.47. The number of aliphatic hydroxyl groups excluding tert-OH is 3. The highest BCUT2D eigenvalue weighted by atomic mass is 35.5. The molecule has 3 aromatic rings. The Morgan fingerprint density at radius 1 is 1.21 bits per heavy atom. The van der Waals surface area contributed by atoms with Crippen LogP contribution in [0.15, 0.2) is 36.5 Å². The fourth-order valence-electron chi connectivity index (χ4n) is 5.28. The first-order valence-corrected chi connectivity index (χ1v) is 13.6. The van der Waals surface area contributed by atoms with Crippen LogP contribution in [0.3, 0.4) is 0 Å². The van der Waals surface area contributed by atoms with E-state index in [2.05, 4.69) is 10.3 Å². The fraction of sp³-hybridized carbons (Fsp3) is 0.407. The molecular formula is C27H25Cl2F2N5O6. The molecular weight excluding hydrogens is 599 g/mol. The van der Waals surface area contributed by atoms with Crippen molar-refractivity contribution in [1.29, 1.82) is 5.26 Å². The van der Waals surface area contributed by atoms with Crippen molar-refractivity contribution < 1.29 is 38.4 Å². The maximum absolute atomic E-state index is 14.2. The molecule has 15 heteroatoms. The average Bonchev–Trinajstić information content (AvgIpc) is 3.46. The van der Waals surface area contributed by atoms with Crippen LogP contribution in [0.5, 0.6) is 0 Å². The van der Waals surface area contributed by atoms with E-state index in [4.69, 9.17) is 32.7 Å². The quantitative estimate of drug-likeness (QED) is 0.337. The number of halogens is 4. The first-order valence-electron chi connectivity index (χ1n) is 12.8. The number of aromatic nitrogens is 3. The first kappa shape index (κ1) is 30.2. The molecule has 2 fully saturated rings. The summed E-state index contributed by atoms with van der Waals surface area (Å²) in [5, 5.41) is 48.6. The van der Waals surface area contributed by atoms with E-state index in [0.29, 0.717) is 12.8 Å². The lowest BCUT2D eigenvalue weighted by Crippen LogP contribution is -2.64. The molecule has 2 aromatic carbocycles. The lowest BCUT2D eigenvalue weighted by molar-refractivity contribution is -0.211. The molecule has 7 atom stereocenters. The highest BCUT2D eigenvalue weighted by molar-refractivity contribution is 6.31. The zero-order chi connectivity index (χ0) is 30.3. The summed E-state index contributed by atoms with van der Waals surface area (Å²) in [4.78, 5) is 15.5. The van der Waals surface area contributed by atoms with Gasteiger partial charge in [-0.1, -0.05) is 28.4 Å². The fourth-order valence-corrected chi connectivity index (χ4v) is 5.62. The molecule has 1 aliphatic heterocycles. The zero-order valence-corrected chi connectivity index (χ0v) is 23.5. The van der Waals surface area contributed by atoms with Gasteiger partial charge in [-0.3, -0.25) is 4.79 Å². The molecule has 5 rings (SSSR count). The molecule has 2 heterocycles. The molecule has 42 heavy (non-hydrogen) atoms. The Balaban J connectivity index is 1.54. The molecule has 3 N–H and O–H groups in total. The minimum absolute atomic E-state index is 0.0156. The third kappa shape index (κ3) is 5.47. The smallest absolute Gasteiger partial charge is 0.259 e. The third-order valence-corrected chi connectivity index (χ3v) is 8.12. The topological polar surface area (TPSA) is 154 Å². The summed E-state index contributed by atoms with van der Waals surface area (Å²) >= 11 is 11.8. The van der Waals surface area contributed by atoms with Crippen molar-refractivity contribution in [2.45, 2.75) is 55.4 Å². The number of hydrogen-bond donors (Lipinski definition) is 3. The molecule has 0 unspecified atom stereocenters. The predicted octanol–water partition coefficient (Wildman–Crippen LogP) is 2.63. The van der Waals surface area contributed by atoms with E-state index < -0.39 is 71.8 Å². The summed E-state index contributed by atoms with van der Waals surface area (Å²) in [6.07, 6.45) is -4.10. The van der Waals surface area contributed by atoms with Crippen LogP contribution in [0.2, 0.25) is 10.0 Å². The summed E-state index contributed by atoms with van der Waals surface area (Å²) in [6, 6.07) is 6.43. The number of aliphatic hydroxyl groups is 3. The van der Waals surface area contributed by atoms with Crippen LogP contribution in [0.1, 0.15) is 24.4 Å². The van der Waals surface area contributed by atoms with E-state index in [1.54, 1.807) is 0 Å². The normalized spacial score (nSPS) is 27.3. The van der Waals surface area contributed by atoms with Gasteiger partial charge in [0.25, 0.3) is 5.91 Å². The second kappa shape index (κ2) is 12.2. The molecule has 11 nitrogen and oxygen atoms in total. The molecule has 2 aliphatic rings. The maximum Gasteiger partial charge on any atom is 0.259 e. The van der Waals surface area contributed by atoms with Crippen LogP contribution in [0, 0.1) is 23.0 Å². The van der Waals surface area contributed by atoms with E-state index in [-0.39, 0.29) is 27.5 Å². The minimum atomic E-state index is -1.46. The zero-order valence-electron chi connectivity index (χ0n) is 21.9. The van der Waals surface area contributed by atoms with Gasteiger partial charge in [-0.2, -0.15) is 5.26 Å². The summed E-state index contributed by atoms with van der Waals surface area (Å²) in [5.74, 6) is -2.70. The van der Waals surface area contributed by atoms with Crippen molar-refractivity contribution in [3.63, 3.8) is 0 Å². The van der Waals surface area contributed by atoms with Crippen LogP contribution in [-0.2, 0) is 14.3 Å². The van der Waals surface area contributed by atoms with Gasteiger partial charge in [-0.15, -0.1) is 5.10 Å². The number of carbonyl (C=O) groups is 1. The number of carbonyl (C=O) groups excluding carboxylic acids is 1. The Morgan fingerprint density at radius 3 is 2.50 bits per heavy atom. The van der Waals surface area contributed by atoms with Crippen molar-refractivity contribution in [2.75, 3.05) is 18.6 Å². The SMILES string of the molecule is CO[C@@H]1[C@@H](n2cc(-c3cc(F)c(Cl)c(F)c3)nn2)[C@@H](O)[C@@H](CO)O[C@H]1C(=O)N(c1cc(Cl)cc(C#N)c1)[C@H]1CC[C@@H]1O. The van der Waals surface area contributed by atoms with Crippen LogP contribution in [0.4, 0.5) is 14.5 Å². The molecule has 1 saturated heterocycles. The lowest BCUT2D eigenvalue weighted by atomic mass is 9.85. The average molecular weight is 624 g/mol. The monoisotopic (exact) mass is 623 g/mol. The number of ether oxygens (including phenoxy) is 2. The number of anilines is 1. The van der Waals surface area contributed by atoms with Gasteiger partial charge < -0.3 is 29.7 Å². The second-order valence-corrected chi connectivity index (χ2v) is 10.8. The van der Waals surface area contributed by atoms with Gasteiger partial charge >= 0.3 is 0 Å². The Kier molecular flexibility index (Phi) is 8.77. The predicted molar refractivity (Wildman–Crippen MR) is 145 cm³/mol. The van der Waals surface area contributed by atoms with Gasteiger partial charge in [0.15, 0.2) is 6.10 Å². The summed E-state index contributed by atoms with van der Waals surface area (Å²) < 4.78 is 40.9. The number of benzene rings is 2. The van der Waals surface area contributed by atoms with Gasteiger partial charge in [-0.25, -0.2) is 13.5 Å². The number of nitrogens with zero attached hydrogens (tertiary/aromatic N) is 5. The number of rotatable bonds is 7. The van der Waals surface area contributed by atoms with E-state index in [1.165, 1.54) is 41.1 Å². The van der Waals surface area contributed by atoms with E-state index in [1.807, 2.05) is 6.07 Å². The molecule has 1 saturated carbocycles. The highest BCUT2D eigenvalue weighted by Crippen LogP contribution is 2.38. The van der Waals surface area contributed by atoms with Crippen molar-refractivity contribution >= 4 is 34.8 Å². The van der Waals surface area contributed by atoms with Crippen molar-refractivity contribution in [3.8, 4) is 17.3 Å². The van der Waals surface area contributed by atoms with E-state index in [9.17, 15) is 34.2 Å². The summed E-state index contributed by atoms with van der Waals surface area (Å²) in [7, 11) is 1.28. The van der Waals surface area contributed by atoms with Crippen LogP contribution >= 0.6 is 23.2 Å². The molecule has 1 aliphatic carbocycles. The largest absolute Gasteiger partial charge is 0.394 e. The van der Waals surface area contributed by atoms with Gasteiger partial charge in [0.05, 0.1) is 36.6 Å². The third-order valence-electron chi connectivity index (χ3n) is 7.54. The number of methoxy groups -OCH3 is 1. The Bertz CT molecular complexity index is 1510. The van der Waals surface area contributed by atoms with Crippen molar-refractivity contribution in [2.24, 2.45) is 0 Å². The number of nitriles is 1. The Labute approximate surface area is 248 Å². The molecule has 1 amide bonds. The highest BCUT2D eigenvalue weighted by Gasteiger charge is 2.52. The number of hydrogen-bond acceptors (Lipinski definition) is 9. The summed E-state index contributed by atoms with van der Waals surface area (Å²) in [6.45, 7) is -0.686. The summed E-state index contributed by atoms with van der Waals surface area (Å²) in [5.41, 5.74) is 0.471. The van der Waals surface area contributed by atoms with Crippen molar-refractivity contribution in [3.05, 3.63) is 63.8 Å². The first-order chi connectivity index (χ1) is 20.1. The second-order valence-electron chi connectivity index (χ2n) is 10.0. The number of amides is 1. The van der Waals surface area contributed by atoms with Crippen LogP contribution < -0.4 is 4.90 Å². The van der Waals surface area contributed by atoms with Crippen LogP contribution in [0.25, 0.3) is 11.3 Å². The molecule has 0 spiro atoms.